The van der Waals surface area contributed by atoms with Gasteiger partial charge in [0.05, 0.1) is 12.0 Å². The van der Waals surface area contributed by atoms with Gasteiger partial charge in [-0.1, -0.05) is 32.1 Å². The van der Waals surface area contributed by atoms with E-state index in [1.54, 1.807) is 0 Å². The summed E-state index contributed by atoms with van der Waals surface area (Å²) in [5.41, 5.74) is -1.13. The number of carbonyl (C=O) groups excluding carboxylic acids is 1. The summed E-state index contributed by atoms with van der Waals surface area (Å²) in [5.74, 6) is -0.937. The van der Waals surface area contributed by atoms with Gasteiger partial charge in [0, 0.05) is 13.0 Å². The molecule has 0 aliphatic heterocycles. The number of carboxylic acid groups (broad SMARTS) is 1. The topological polar surface area (TPSA) is 86.6 Å². The molecule has 0 spiro atoms. The van der Waals surface area contributed by atoms with Crippen molar-refractivity contribution in [2.45, 2.75) is 76.2 Å². The number of amides is 1. The zero-order valence-electron chi connectivity index (χ0n) is 12.7. The van der Waals surface area contributed by atoms with E-state index in [1.807, 2.05) is 0 Å². The molecule has 1 amide bonds. The first-order valence-electron chi connectivity index (χ1n) is 8.14. The van der Waals surface area contributed by atoms with E-state index in [0.29, 0.717) is 6.54 Å². The van der Waals surface area contributed by atoms with Gasteiger partial charge in [0.2, 0.25) is 5.91 Å². The zero-order chi connectivity index (χ0) is 15.3. The summed E-state index contributed by atoms with van der Waals surface area (Å²) in [6, 6.07) is 0. The maximum absolute atomic E-state index is 12.2. The molecule has 3 N–H and O–H groups in total. The minimum Gasteiger partial charge on any atom is -0.481 e. The Bertz CT molecular complexity index is 382. The maximum atomic E-state index is 12.2. The molecule has 2 fully saturated rings. The lowest BCUT2D eigenvalue weighted by Gasteiger charge is -2.33. The number of carbonyl (C=O) groups is 2. The molecule has 0 radical (unpaired) electrons. The quantitative estimate of drug-likeness (QED) is 0.701. The number of hydrogen-bond acceptors (Lipinski definition) is 3. The third kappa shape index (κ3) is 4.70. The highest BCUT2D eigenvalue weighted by molar-refractivity contribution is 5.78. The molecule has 120 valence electrons. The Balaban J connectivity index is 1.83. The molecule has 0 unspecified atom stereocenters. The molecule has 0 atom stereocenters. The van der Waals surface area contributed by atoms with Gasteiger partial charge in [-0.05, 0) is 31.1 Å². The van der Waals surface area contributed by atoms with Gasteiger partial charge in [-0.2, -0.15) is 0 Å². The van der Waals surface area contributed by atoms with Gasteiger partial charge in [0.25, 0.3) is 0 Å². The minimum absolute atomic E-state index is 0.0741. The Hall–Kier alpha value is -1.10. The van der Waals surface area contributed by atoms with Crippen molar-refractivity contribution in [3.05, 3.63) is 0 Å². The Kier molecular flexibility index (Phi) is 5.25. The summed E-state index contributed by atoms with van der Waals surface area (Å²) in [6.45, 7) is 0.301. The number of carboxylic acids is 1. The van der Waals surface area contributed by atoms with Gasteiger partial charge in [-0.25, -0.2) is 0 Å². The summed E-state index contributed by atoms with van der Waals surface area (Å²) < 4.78 is 0. The Morgan fingerprint density at radius 2 is 1.48 bits per heavy atom. The molecular formula is C16H27NO4. The first-order valence-corrected chi connectivity index (χ1v) is 8.14. The van der Waals surface area contributed by atoms with Crippen molar-refractivity contribution >= 4 is 11.9 Å². The fourth-order valence-corrected chi connectivity index (χ4v) is 3.91. The van der Waals surface area contributed by atoms with Crippen LogP contribution in [0.15, 0.2) is 0 Å². The van der Waals surface area contributed by atoms with E-state index in [2.05, 4.69) is 5.32 Å². The molecule has 5 nitrogen and oxygen atoms in total. The number of aliphatic carboxylic acids is 1. The second-order valence-electron chi connectivity index (χ2n) is 7.02. The van der Waals surface area contributed by atoms with Crippen molar-refractivity contribution in [3.8, 4) is 0 Å². The number of rotatable bonds is 6. The molecule has 0 aromatic heterocycles. The van der Waals surface area contributed by atoms with Crippen LogP contribution < -0.4 is 5.32 Å². The van der Waals surface area contributed by atoms with Gasteiger partial charge in [-0.3, -0.25) is 9.59 Å². The summed E-state index contributed by atoms with van der Waals surface area (Å²) in [7, 11) is 0. The van der Waals surface area contributed by atoms with E-state index in [4.69, 9.17) is 5.11 Å². The molecule has 2 saturated carbocycles. The highest BCUT2D eigenvalue weighted by Crippen LogP contribution is 2.44. The van der Waals surface area contributed by atoms with Crippen molar-refractivity contribution in [2.75, 3.05) is 6.54 Å². The van der Waals surface area contributed by atoms with Crippen LogP contribution in [-0.4, -0.2) is 34.2 Å². The fraction of sp³-hybridized carbons (Fsp3) is 0.875. The van der Waals surface area contributed by atoms with Crippen LogP contribution in [0.3, 0.4) is 0 Å². The molecule has 0 aromatic rings. The smallest absolute Gasteiger partial charge is 0.303 e. The maximum Gasteiger partial charge on any atom is 0.303 e. The number of aliphatic hydroxyl groups is 1. The number of nitrogens with one attached hydrogen (secondary N) is 1. The predicted molar refractivity (Wildman–Crippen MR) is 78.8 cm³/mol. The normalized spacial score (nSPS) is 23.7. The summed E-state index contributed by atoms with van der Waals surface area (Å²) in [4.78, 5) is 23.2. The van der Waals surface area contributed by atoms with Gasteiger partial charge in [-0.15, -0.1) is 0 Å². The lowest BCUT2D eigenvalue weighted by atomic mass is 9.79. The molecule has 0 bridgehead atoms. The fourth-order valence-electron chi connectivity index (χ4n) is 3.91. The molecule has 0 saturated heterocycles. The van der Waals surface area contributed by atoms with E-state index in [-0.39, 0.29) is 24.2 Å². The average molecular weight is 297 g/mol. The molecule has 2 aliphatic carbocycles. The summed E-state index contributed by atoms with van der Waals surface area (Å²) in [6.07, 6.45) is 8.65. The first kappa shape index (κ1) is 16.3. The van der Waals surface area contributed by atoms with Crippen molar-refractivity contribution in [3.63, 3.8) is 0 Å². The average Bonchev–Trinajstić information content (AvgIpc) is 2.85. The highest BCUT2D eigenvalue weighted by atomic mass is 16.4. The van der Waals surface area contributed by atoms with Crippen LogP contribution in [-0.2, 0) is 9.59 Å². The van der Waals surface area contributed by atoms with Crippen LogP contribution in [0.2, 0.25) is 0 Å². The third-order valence-corrected chi connectivity index (χ3v) is 5.12. The lowest BCUT2D eigenvalue weighted by Crippen LogP contribution is -2.45. The van der Waals surface area contributed by atoms with Crippen LogP contribution in [0.25, 0.3) is 0 Å². The third-order valence-electron chi connectivity index (χ3n) is 5.12. The standard InChI is InChI=1S/C16H27NO4/c18-13(17-12-16(21)8-2-1-3-9-16)10-15(11-14(19)20)6-4-5-7-15/h21H,1-12H2,(H,17,18)(H,19,20). The van der Waals surface area contributed by atoms with E-state index in [0.717, 1.165) is 57.8 Å². The molecule has 2 aliphatic rings. The Morgan fingerprint density at radius 3 is 2.05 bits per heavy atom. The van der Waals surface area contributed by atoms with Crippen LogP contribution in [0.4, 0.5) is 0 Å². The van der Waals surface area contributed by atoms with Crippen LogP contribution in [0.5, 0.6) is 0 Å². The highest BCUT2D eigenvalue weighted by Gasteiger charge is 2.38. The molecule has 2 rings (SSSR count). The largest absolute Gasteiger partial charge is 0.481 e. The van der Waals surface area contributed by atoms with Crippen molar-refractivity contribution in [1.29, 1.82) is 0 Å². The minimum atomic E-state index is -0.824. The SMILES string of the molecule is O=C(O)CC1(CC(=O)NCC2(O)CCCCC2)CCCC1. The van der Waals surface area contributed by atoms with Gasteiger partial charge in [0.15, 0.2) is 0 Å². The van der Waals surface area contributed by atoms with E-state index in [9.17, 15) is 14.7 Å². The van der Waals surface area contributed by atoms with Crippen molar-refractivity contribution in [2.24, 2.45) is 5.41 Å². The second-order valence-corrected chi connectivity index (χ2v) is 7.02. The number of hydrogen-bond donors (Lipinski definition) is 3. The van der Waals surface area contributed by atoms with Crippen LogP contribution >= 0.6 is 0 Å². The van der Waals surface area contributed by atoms with Gasteiger partial charge >= 0.3 is 5.97 Å². The molecule has 0 aromatic carbocycles. The second kappa shape index (κ2) is 6.77. The lowest BCUT2D eigenvalue weighted by molar-refractivity contribution is -0.140. The van der Waals surface area contributed by atoms with Crippen molar-refractivity contribution < 1.29 is 19.8 Å². The monoisotopic (exact) mass is 297 g/mol. The van der Waals surface area contributed by atoms with Gasteiger partial charge in [0.1, 0.15) is 0 Å². The molecular weight excluding hydrogens is 270 g/mol. The van der Waals surface area contributed by atoms with E-state index >= 15 is 0 Å². The summed E-state index contributed by atoms with van der Waals surface area (Å²) in [5, 5.41) is 22.3. The first-order chi connectivity index (χ1) is 9.93. The molecule has 0 heterocycles. The van der Waals surface area contributed by atoms with Crippen molar-refractivity contribution in [1.82, 2.24) is 5.32 Å². The van der Waals surface area contributed by atoms with Gasteiger partial charge < -0.3 is 15.5 Å². The van der Waals surface area contributed by atoms with E-state index < -0.39 is 11.6 Å². The predicted octanol–water partition coefficient (Wildman–Crippen LogP) is 2.22. The van der Waals surface area contributed by atoms with Crippen LogP contribution in [0, 0.1) is 5.41 Å². The van der Waals surface area contributed by atoms with Crippen LogP contribution in [0.1, 0.15) is 70.6 Å². The summed E-state index contributed by atoms with van der Waals surface area (Å²) >= 11 is 0. The Morgan fingerprint density at radius 1 is 0.905 bits per heavy atom. The Labute approximate surface area is 126 Å². The molecule has 21 heavy (non-hydrogen) atoms. The zero-order valence-corrected chi connectivity index (χ0v) is 12.7. The van der Waals surface area contributed by atoms with E-state index in [1.165, 1.54) is 0 Å². The molecule has 5 heteroatoms.